The van der Waals surface area contributed by atoms with Gasteiger partial charge in [-0.15, -0.1) is 10.2 Å². The van der Waals surface area contributed by atoms with E-state index in [0.717, 1.165) is 28.3 Å². The lowest BCUT2D eigenvalue weighted by atomic mass is 9.98. The Labute approximate surface area is 235 Å². The fourth-order valence-corrected chi connectivity index (χ4v) is 5.04. The minimum atomic E-state index is -0.346. The van der Waals surface area contributed by atoms with Crippen LogP contribution in [0.5, 0.6) is 11.5 Å². The van der Waals surface area contributed by atoms with E-state index in [4.69, 9.17) is 19.0 Å². The number of aromatic nitrogens is 3. The van der Waals surface area contributed by atoms with Gasteiger partial charge in [0.05, 0.1) is 44.5 Å². The Balaban J connectivity index is 1.29. The molecule has 2 aromatic carbocycles. The number of ether oxygens (including phenoxy) is 2. The maximum atomic E-state index is 13.5. The van der Waals surface area contributed by atoms with Crippen molar-refractivity contribution in [1.82, 2.24) is 25.1 Å². The number of furan rings is 1. The average molecular weight is 561 g/mol. The Hall–Kier alpha value is -4.58. The highest BCUT2D eigenvalue weighted by Gasteiger charge is 2.33. The summed E-state index contributed by atoms with van der Waals surface area (Å²) in [5, 5.41) is 18.0. The van der Waals surface area contributed by atoms with Gasteiger partial charge >= 0.3 is 0 Å². The van der Waals surface area contributed by atoms with E-state index in [-0.39, 0.29) is 35.9 Å². The normalized spacial score (nSPS) is 14.6. The molecule has 11 nitrogen and oxygen atoms in total. The smallest absolute Gasteiger partial charge is 0.287 e. The van der Waals surface area contributed by atoms with Gasteiger partial charge in [0.25, 0.3) is 11.8 Å². The van der Waals surface area contributed by atoms with Crippen LogP contribution in [0.3, 0.4) is 0 Å². The summed E-state index contributed by atoms with van der Waals surface area (Å²) in [6.45, 7) is 0.165. The van der Waals surface area contributed by atoms with E-state index in [1.54, 1.807) is 43.0 Å². The second-order valence-electron chi connectivity index (χ2n) is 8.91. The van der Waals surface area contributed by atoms with Crippen LogP contribution in [0.2, 0.25) is 0 Å². The third-order valence-electron chi connectivity index (χ3n) is 6.49. The highest BCUT2D eigenvalue weighted by atomic mass is 32.2. The van der Waals surface area contributed by atoms with Crippen LogP contribution in [0.15, 0.2) is 81.6 Å². The largest absolute Gasteiger partial charge is 0.497 e. The van der Waals surface area contributed by atoms with Gasteiger partial charge in [-0.3, -0.25) is 9.59 Å². The molecule has 0 fully saturated rings. The molecule has 2 amide bonds. The molecule has 5 rings (SSSR count). The molecule has 1 aliphatic rings. The van der Waals surface area contributed by atoms with Gasteiger partial charge in [-0.2, -0.15) is 5.10 Å². The summed E-state index contributed by atoms with van der Waals surface area (Å²) in [4.78, 5) is 25.7. The first kappa shape index (κ1) is 27.0. The van der Waals surface area contributed by atoms with Gasteiger partial charge in [0.1, 0.15) is 11.5 Å². The second-order valence-corrected chi connectivity index (χ2v) is 9.86. The van der Waals surface area contributed by atoms with Crippen LogP contribution in [0.1, 0.15) is 40.0 Å². The maximum absolute atomic E-state index is 13.5. The lowest BCUT2D eigenvalue weighted by Crippen LogP contribution is -2.28. The van der Waals surface area contributed by atoms with E-state index < -0.39 is 0 Å². The van der Waals surface area contributed by atoms with Gasteiger partial charge in [-0.25, -0.2) is 5.01 Å². The zero-order chi connectivity index (χ0) is 28.1. The third kappa shape index (κ3) is 5.86. The van der Waals surface area contributed by atoms with Gasteiger partial charge in [-0.1, -0.05) is 23.9 Å². The van der Waals surface area contributed by atoms with Crippen molar-refractivity contribution in [2.24, 2.45) is 12.1 Å². The number of hydrogen-bond acceptors (Lipinski definition) is 9. The molecule has 0 bridgehead atoms. The van der Waals surface area contributed by atoms with Crippen molar-refractivity contribution in [2.75, 3.05) is 20.0 Å². The number of hydrogen-bond donors (Lipinski definition) is 1. The van der Waals surface area contributed by atoms with Crippen molar-refractivity contribution in [1.29, 1.82) is 0 Å². The number of thioether (sulfide) groups is 1. The predicted octanol–water partition coefficient (Wildman–Crippen LogP) is 3.83. The van der Waals surface area contributed by atoms with Crippen molar-refractivity contribution in [2.45, 2.75) is 24.2 Å². The predicted molar refractivity (Wildman–Crippen MR) is 148 cm³/mol. The van der Waals surface area contributed by atoms with E-state index >= 15 is 0 Å². The molecule has 0 saturated heterocycles. The summed E-state index contributed by atoms with van der Waals surface area (Å²) in [7, 11) is 5.03. The van der Waals surface area contributed by atoms with Gasteiger partial charge < -0.3 is 23.8 Å². The minimum Gasteiger partial charge on any atom is -0.497 e. The number of carbonyl (C=O) groups excluding carboxylic acids is 2. The molecule has 12 heteroatoms. The quantitative estimate of drug-likeness (QED) is 0.290. The van der Waals surface area contributed by atoms with Crippen LogP contribution in [0.25, 0.3) is 0 Å². The van der Waals surface area contributed by atoms with E-state index in [1.165, 1.54) is 18.0 Å². The molecule has 1 aliphatic heterocycles. The molecule has 3 heterocycles. The van der Waals surface area contributed by atoms with Crippen molar-refractivity contribution in [3.05, 3.63) is 89.6 Å². The Morgan fingerprint density at radius 1 is 1.02 bits per heavy atom. The van der Waals surface area contributed by atoms with Crippen molar-refractivity contribution in [3.63, 3.8) is 0 Å². The fraction of sp³-hybridized carbons (Fsp3) is 0.250. The molecule has 0 spiro atoms. The number of nitrogens with zero attached hydrogens (tertiary/aromatic N) is 5. The van der Waals surface area contributed by atoms with Crippen LogP contribution in [0, 0.1) is 0 Å². The highest BCUT2D eigenvalue weighted by molar-refractivity contribution is 7.99. The van der Waals surface area contributed by atoms with E-state index in [9.17, 15) is 9.59 Å². The fourth-order valence-electron chi connectivity index (χ4n) is 4.26. The Bertz CT molecular complexity index is 1500. The molecule has 0 radical (unpaired) electrons. The van der Waals surface area contributed by atoms with Gasteiger partial charge in [0, 0.05) is 13.5 Å². The third-order valence-corrected chi connectivity index (χ3v) is 7.50. The number of hydrazone groups is 1. The lowest BCUT2D eigenvalue weighted by molar-refractivity contribution is -0.130. The van der Waals surface area contributed by atoms with Gasteiger partial charge in [0.15, 0.2) is 16.7 Å². The molecular formula is C28H28N6O5S. The molecule has 0 aliphatic carbocycles. The van der Waals surface area contributed by atoms with Gasteiger partial charge in [-0.05, 0) is 59.7 Å². The van der Waals surface area contributed by atoms with E-state index in [0.29, 0.717) is 17.4 Å². The van der Waals surface area contributed by atoms with Crippen molar-refractivity contribution >= 4 is 29.3 Å². The zero-order valence-corrected chi connectivity index (χ0v) is 23.1. The van der Waals surface area contributed by atoms with Crippen molar-refractivity contribution < 1.29 is 23.5 Å². The van der Waals surface area contributed by atoms with E-state index in [2.05, 4.69) is 15.5 Å². The number of amides is 2. The first-order chi connectivity index (χ1) is 19.5. The minimum absolute atomic E-state index is 0.108. The molecule has 2 aromatic heterocycles. The molecule has 1 atom stereocenters. The molecule has 40 heavy (non-hydrogen) atoms. The summed E-state index contributed by atoms with van der Waals surface area (Å²) in [5.74, 6) is 1.86. The number of methoxy groups -OCH3 is 2. The zero-order valence-electron chi connectivity index (χ0n) is 22.2. The van der Waals surface area contributed by atoms with Crippen LogP contribution >= 0.6 is 11.8 Å². The summed E-state index contributed by atoms with van der Waals surface area (Å²) in [6, 6.07) is 18.3. The van der Waals surface area contributed by atoms with Crippen molar-refractivity contribution in [3.8, 4) is 11.5 Å². The Kier molecular flexibility index (Phi) is 8.15. The topological polar surface area (TPSA) is 124 Å². The number of rotatable bonds is 10. The molecule has 4 aromatic rings. The van der Waals surface area contributed by atoms with Crippen LogP contribution < -0.4 is 14.8 Å². The SMILES string of the molecule is COc1ccc(C2=NN(C(=O)CSc3nnc(CNC(=O)c4ccco4)n3C)[C@H](c3ccc(OC)cc3)C2)cc1. The maximum Gasteiger partial charge on any atom is 0.287 e. The molecule has 206 valence electrons. The molecule has 1 N–H and O–H groups in total. The summed E-state index contributed by atoms with van der Waals surface area (Å²) in [5.41, 5.74) is 2.70. The summed E-state index contributed by atoms with van der Waals surface area (Å²) in [6.07, 6.45) is 2.01. The number of carbonyl (C=O) groups is 2. The number of benzene rings is 2. The molecule has 0 saturated carbocycles. The summed E-state index contributed by atoms with van der Waals surface area (Å²) >= 11 is 1.26. The standard InChI is InChI=1S/C28H28N6O5S/c1-33-25(16-29-27(36)24-5-4-14-39-24)30-31-28(33)40-17-26(35)34-23(19-8-12-21(38-3)13-9-19)15-22(32-34)18-6-10-20(37-2)11-7-18/h4-14,23H,15-17H2,1-3H3,(H,29,36)/t23-/m0/s1. The first-order valence-corrected chi connectivity index (χ1v) is 13.5. The first-order valence-electron chi connectivity index (χ1n) is 12.5. The Morgan fingerprint density at radius 3 is 2.38 bits per heavy atom. The van der Waals surface area contributed by atoms with Gasteiger partial charge in [0.2, 0.25) is 0 Å². The van der Waals surface area contributed by atoms with Crippen LogP contribution in [-0.2, 0) is 18.4 Å². The Morgan fingerprint density at radius 2 is 1.73 bits per heavy atom. The molecule has 0 unspecified atom stereocenters. The van der Waals surface area contributed by atoms with E-state index in [1.807, 2.05) is 48.5 Å². The lowest BCUT2D eigenvalue weighted by Gasteiger charge is -2.22. The second kappa shape index (κ2) is 12.1. The van der Waals surface area contributed by atoms with Crippen LogP contribution in [-0.4, -0.2) is 57.3 Å². The molecular weight excluding hydrogens is 532 g/mol. The average Bonchev–Trinajstić information content (AvgIpc) is 3.76. The highest BCUT2D eigenvalue weighted by Crippen LogP contribution is 2.34. The summed E-state index contributed by atoms with van der Waals surface area (Å²) < 4.78 is 17.4. The monoisotopic (exact) mass is 560 g/mol. The van der Waals surface area contributed by atoms with Crippen LogP contribution in [0.4, 0.5) is 0 Å². The number of nitrogens with one attached hydrogen (secondary N) is 1.